The van der Waals surface area contributed by atoms with E-state index in [1.165, 1.54) is 0 Å². The van der Waals surface area contributed by atoms with Crippen molar-refractivity contribution in [3.05, 3.63) is 33.8 Å². The number of carbonyl (C=O) groups is 1. The van der Waals surface area contributed by atoms with E-state index in [2.05, 4.69) is 21.2 Å². The lowest BCUT2D eigenvalue weighted by atomic mass is 10.1. The van der Waals surface area contributed by atoms with E-state index < -0.39 is 0 Å². The molecule has 0 heterocycles. The Balaban J connectivity index is 2.89. The largest absolute Gasteiger partial charge is 0.380 e. The number of nitrogens with one attached hydrogen (secondary N) is 1. The van der Waals surface area contributed by atoms with E-state index in [0.717, 1.165) is 10.0 Å². The van der Waals surface area contributed by atoms with Crippen LogP contribution in [0.4, 0.5) is 0 Å². The second-order valence-corrected chi connectivity index (χ2v) is 4.72. The molecule has 0 aliphatic carbocycles. The minimum Gasteiger partial charge on any atom is -0.380 e. The summed E-state index contributed by atoms with van der Waals surface area (Å²) in [5.74, 6) is -0.0557. The fourth-order valence-corrected chi connectivity index (χ4v) is 1.69. The van der Waals surface area contributed by atoms with Gasteiger partial charge >= 0.3 is 0 Å². The first-order valence-electron chi connectivity index (χ1n) is 5.12. The average Bonchev–Trinajstić information content (AvgIpc) is 2.20. The molecular weight excluding hydrogens is 270 g/mol. The van der Waals surface area contributed by atoms with Crippen LogP contribution in [-0.2, 0) is 11.3 Å². The molecule has 0 spiro atoms. The number of ether oxygens (including phenoxy) is 1. The quantitative estimate of drug-likeness (QED) is 0.924. The summed E-state index contributed by atoms with van der Waals surface area (Å²) in [6, 6.07) is 5.64. The molecule has 0 atom stereocenters. The summed E-state index contributed by atoms with van der Waals surface area (Å²) < 4.78 is 6.02. The van der Waals surface area contributed by atoms with Crippen LogP contribution in [0.15, 0.2) is 22.7 Å². The van der Waals surface area contributed by atoms with Crippen molar-refractivity contribution in [2.45, 2.75) is 26.5 Å². The van der Waals surface area contributed by atoms with E-state index in [4.69, 9.17) is 4.74 Å². The molecule has 0 fully saturated rings. The molecule has 0 radical (unpaired) electrons. The number of methoxy groups -OCH3 is 1. The van der Waals surface area contributed by atoms with E-state index in [-0.39, 0.29) is 11.9 Å². The van der Waals surface area contributed by atoms with Crippen molar-refractivity contribution in [2.75, 3.05) is 7.11 Å². The normalized spacial score (nSPS) is 10.6. The number of halogens is 1. The van der Waals surface area contributed by atoms with Crippen LogP contribution >= 0.6 is 15.9 Å². The molecule has 88 valence electrons. The molecule has 16 heavy (non-hydrogen) atoms. The van der Waals surface area contributed by atoms with Crippen molar-refractivity contribution in [1.82, 2.24) is 5.32 Å². The van der Waals surface area contributed by atoms with E-state index >= 15 is 0 Å². The first kappa shape index (κ1) is 13.2. The van der Waals surface area contributed by atoms with Gasteiger partial charge in [-0.25, -0.2) is 0 Å². The van der Waals surface area contributed by atoms with Crippen molar-refractivity contribution in [3.63, 3.8) is 0 Å². The maximum Gasteiger partial charge on any atom is 0.251 e. The zero-order valence-corrected chi connectivity index (χ0v) is 11.3. The molecule has 1 aromatic carbocycles. The van der Waals surface area contributed by atoms with Gasteiger partial charge in [-0.2, -0.15) is 0 Å². The SMILES string of the molecule is COCc1cc(C(=O)NC(C)C)ccc1Br. The second-order valence-electron chi connectivity index (χ2n) is 3.87. The summed E-state index contributed by atoms with van der Waals surface area (Å²) in [6.07, 6.45) is 0. The minimum absolute atomic E-state index is 0.0557. The summed E-state index contributed by atoms with van der Waals surface area (Å²) >= 11 is 3.42. The smallest absolute Gasteiger partial charge is 0.251 e. The molecule has 0 aromatic heterocycles. The van der Waals surface area contributed by atoms with E-state index in [9.17, 15) is 4.79 Å². The molecule has 1 rings (SSSR count). The Morgan fingerprint density at radius 1 is 1.50 bits per heavy atom. The molecule has 1 aromatic rings. The number of hydrogen-bond acceptors (Lipinski definition) is 2. The van der Waals surface area contributed by atoms with Crippen LogP contribution in [0.25, 0.3) is 0 Å². The van der Waals surface area contributed by atoms with Gasteiger partial charge in [-0.15, -0.1) is 0 Å². The number of amides is 1. The zero-order chi connectivity index (χ0) is 12.1. The standard InChI is InChI=1S/C12H16BrNO2/c1-8(2)14-12(15)9-4-5-11(13)10(6-9)7-16-3/h4-6,8H,7H2,1-3H3,(H,14,15). The van der Waals surface area contributed by atoms with Crippen LogP contribution < -0.4 is 5.32 Å². The monoisotopic (exact) mass is 285 g/mol. The molecule has 4 heteroatoms. The van der Waals surface area contributed by atoms with E-state index in [0.29, 0.717) is 12.2 Å². The number of rotatable bonds is 4. The molecule has 0 unspecified atom stereocenters. The van der Waals surface area contributed by atoms with Crippen LogP contribution in [0, 0.1) is 0 Å². The van der Waals surface area contributed by atoms with Crippen LogP contribution in [0.2, 0.25) is 0 Å². The van der Waals surface area contributed by atoms with Gasteiger partial charge in [-0.05, 0) is 37.6 Å². The fraction of sp³-hybridized carbons (Fsp3) is 0.417. The summed E-state index contributed by atoms with van der Waals surface area (Å²) in [6.45, 7) is 4.36. The number of hydrogen-bond donors (Lipinski definition) is 1. The summed E-state index contributed by atoms with van der Waals surface area (Å²) in [5.41, 5.74) is 1.63. The highest BCUT2D eigenvalue weighted by molar-refractivity contribution is 9.10. The van der Waals surface area contributed by atoms with Gasteiger partial charge < -0.3 is 10.1 Å². The van der Waals surface area contributed by atoms with E-state index in [1.54, 1.807) is 13.2 Å². The lowest BCUT2D eigenvalue weighted by Gasteiger charge is -2.10. The number of carbonyl (C=O) groups excluding carboxylic acids is 1. The predicted octanol–water partition coefficient (Wildman–Crippen LogP) is 2.73. The lowest BCUT2D eigenvalue weighted by molar-refractivity contribution is 0.0942. The minimum atomic E-state index is -0.0557. The Morgan fingerprint density at radius 2 is 2.19 bits per heavy atom. The van der Waals surface area contributed by atoms with Crippen LogP contribution in [-0.4, -0.2) is 19.1 Å². The van der Waals surface area contributed by atoms with Gasteiger partial charge in [-0.1, -0.05) is 15.9 Å². The Kier molecular flexibility index (Phi) is 4.96. The molecule has 0 bridgehead atoms. The summed E-state index contributed by atoms with van der Waals surface area (Å²) in [7, 11) is 1.63. The predicted molar refractivity (Wildman–Crippen MR) is 67.5 cm³/mol. The Hall–Kier alpha value is -0.870. The van der Waals surface area contributed by atoms with Gasteiger partial charge in [0.15, 0.2) is 0 Å². The van der Waals surface area contributed by atoms with E-state index in [1.807, 2.05) is 26.0 Å². The first-order valence-corrected chi connectivity index (χ1v) is 5.92. The van der Waals surface area contributed by atoms with Crippen LogP contribution in [0.1, 0.15) is 29.8 Å². The molecule has 1 N–H and O–H groups in total. The van der Waals surface area contributed by atoms with Crippen LogP contribution in [0.5, 0.6) is 0 Å². The maximum absolute atomic E-state index is 11.8. The van der Waals surface area contributed by atoms with Crippen LogP contribution in [0.3, 0.4) is 0 Å². The highest BCUT2D eigenvalue weighted by atomic mass is 79.9. The Labute approximate surface area is 104 Å². The highest BCUT2D eigenvalue weighted by Gasteiger charge is 2.09. The second kappa shape index (κ2) is 6.01. The fourth-order valence-electron chi connectivity index (χ4n) is 1.33. The molecular formula is C12H16BrNO2. The third kappa shape index (κ3) is 3.61. The molecule has 3 nitrogen and oxygen atoms in total. The lowest BCUT2D eigenvalue weighted by Crippen LogP contribution is -2.30. The Morgan fingerprint density at radius 3 is 2.75 bits per heavy atom. The molecule has 0 aliphatic heterocycles. The first-order chi connectivity index (χ1) is 7.54. The number of benzene rings is 1. The molecule has 1 amide bonds. The van der Waals surface area contributed by atoms with Gasteiger partial charge in [-0.3, -0.25) is 4.79 Å². The average molecular weight is 286 g/mol. The van der Waals surface area contributed by atoms with Gasteiger partial charge in [0.2, 0.25) is 0 Å². The Bertz CT molecular complexity index is 377. The van der Waals surface area contributed by atoms with Crippen molar-refractivity contribution in [2.24, 2.45) is 0 Å². The molecule has 0 saturated heterocycles. The zero-order valence-electron chi connectivity index (χ0n) is 9.71. The van der Waals surface area contributed by atoms with Crippen molar-refractivity contribution < 1.29 is 9.53 Å². The highest BCUT2D eigenvalue weighted by Crippen LogP contribution is 2.19. The maximum atomic E-state index is 11.8. The van der Waals surface area contributed by atoms with Gasteiger partial charge in [0.1, 0.15) is 0 Å². The third-order valence-corrected chi connectivity index (χ3v) is 2.80. The third-order valence-electron chi connectivity index (χ3n) is 2.03. The van der Waals surface area contributed by atoms with Crippen molar-refractivity contribution in [1.29, 1.82) is 0 Å². The molecule has 0 saturated carbocycles. The van der Waals surface area contributed by atoms with Gasteiger partial charge in [0.05, 0.1) is 6.61 Å². The topological polar surface area (TPSA) is 38.3 Å². The van der Waals surface area contributed by atoms with Gasteiger partial charge in [0, 0.05) is 23.2 Å². The summed E-state index contributed by atoms with van der Waals surface area (Å²) in [5, 5.41) is 2.85. The summed E-state index contributed by atoms with van der Waals surface area (Å²) in [4.78, 5) is 11.8. The van der Waals surface area contributed by atoms with Crippen molar-refractivity contribution >= 4 is 21.8 Å². The van der Waals surface area contributed by atoms with Gasteiger partial charge in [0.25, 0.3) is 5.91 Å². The van der Waals surface area contributed by atoms with Crippen molar-refractivity contribution in [3.8, 4) is 0 Å². The molecule has 0 aliphatic rings.